The van der Waals surface area contributed by atoms with E-state index in [1.807, 2.05) is 17.8 Å². The van der Waals surface area contributed by atoms with Gasteiger partial charge in [0, 0.05) is 31.8 Å². The molecular formula is C9H14N2O3S. The van der Waals surface area contributed by atoms with Crippen LogP contribution in [0.4, 0.5) is 0 Å². The van der Waals surface area contributed by atoms with Gasteiger partial charge < -0.3 is 14.4 Å². The van der Waals surface area contributed by atoms with Crippen molar-refractivity contribution in [1.29, 1.82) is 0 Å². The zero-order valence-corrected chi connectivity index (χ0v) is 9.53. The van der Waals surface area contributed by atoms with Crippen molar-refractivity contribution in [3.8, 4) is 0 Å². The third-order valence-corrected chi connectivity index (χ3v) is 2.91. The van der Waals surface area contributed by atoms with Crippen molar-refractivity contribution in [3.05, 3.63) is 12.4 Å². The molecule has 84 valence electrons. The number of carboxylic acids is 1. The summed E-state index contributed by atoms with van der Waals surface area (Å²) in [4.78, 5) is 14.9. The topological polar surface area (TPSA) is 64.4 Å². The highest BCUT2D eigenvalue weighted by Gasteiger charge is 2.18. The summed E-state index contributed by atoms with van der Waals surface area (Å²) >= 11 is 1.38. The predicted molar refractivity (Wildman–Crippen MR) is 57.0 cm³/mol. The second-order valence-electron chi connectivity index (χ2n) is 2.91. The van der Waals surface area contributed by atoms with Crippen molar-refractivity contribution in [2.75, 3.05) is 12.4 Å². The minimum Gasteiger partial charge on any atom is -0.479 e. The molecule has 0 radical (unpaired) electrons. The van der Waals surface area contributed by atoms with Gasteiger partial charge >= 0.3 is 5.97 Å². The molecule has 0 saturated carbocycles. The van der Waals surface area contributed by atoms with Gasteiger partial charge in [-0.15, -0.1) is 0 Å². The van der Waals surface area contributed by atoms with E-state index in [4.69, 9.17) is 9.84 Å². The molecule has 0 spiro atoms. The Morgan fingerprint density at radius 3 is 3.00 bits per heavy atom. The first-order valence-electron chi connectivity index (χ1n) is 4.59. The van der Waals surface area contributed by atoms with Crippen LogP contribution in [0.15, 0.2) is 17.6 Å². The summed E-state index contributed by atoms with van der Waals surface area (Å²) in [5.74, 6) is -0.563. The first-order chi connectivity index (χ1) is 7.15. The van der Waals surface area contributed by atoms with Crippen molar-refractivity contribution in [3.63, 3.8) is 0 Å². The van der Waals surface area contributed by atoms with Crippen molar-refractivity contribution < 1.29 is 14.6 Å². The van der Waals surface area contributed by atoms with Crippen LogP contribution < -0.4 is 0 Å². The molecule has 6 heteroatoms. The Bertz CT molecular complexity index is 327. The highest BCUT2D eigenvalue weighted by Crippen LogP contribution is 2.16. The predicted octanol–water partition coefficient (Wildman–Crippen LogP) is 1.00. The maximum Gasteiger partial charge on any atom is 0.333 e. The molecule has 1 atom stereocenters. The van der Waals surface area contributed by atoms with Crippen LogP contribution >= 0.6 is 11.8 Å². The minimum atomic E-state index is -0.932. The molecule has 0 saturated heterocycles. The number of nitrogens with zero attached hydrogens (tertiary/aromatic N) is 2. The lowest BCUT2D eigenvalue weighted by molar-refractivity contribution is -0.148. The molecule has 0 aliphatic carbocycles. The Morgan fingerprint density at radius 1 is 1.80 bits per heavy atom. The zero-order valence-electron chi connectivity index (χ0n) is 8.71. The van der Waals surface area contributed by atoms with Crippen molar-refractivity contribution in [2.45, 2.75) is 18.2 Å². The van der Waals surface area contributed by atoms with Gasteiger partial charge in [0.25, 0.3) is 0 Å². The van der Waals surface area contributed by atoms with Crippen LogP contribution in [-0.4, -0.2) is 39.1 Å². The molecule has 15 heavy (non-hydrogen) atoms. The lowest BCUT2D eigenvalue weighted by Crippen LogP contribution is -2.26. The molecule has 1 unspecified atom stereocenters. The van der Waals surface area contributed by atoms with E-state index in [2.05, 4.69) is 4.98 Å². The van der Waals surface area contributed by atoms with Crippen molar-refractivity contribution in [1.82, 2.24) is 9.55 Å². The Hall–Kier alpha value is -1.01. The number of carboxylic acid groups (broad SMARTS) is 1. The molecule has 0 fully saturated rings. The fraction of sp³-hybridized carbons (Fsp3) is 0.556. The summed E-state index contributed by atoms with van der Waals surface area (Å²) in [5.41, 5.74) is 0. The first-order valence-corrected chi connectivity index (χ1v) is 5.58. The van der Waals surface area contributed by atoms with Gasteiger partial charge in [-0.2, -0.15) is 0 Å². The first kappa shape index (κ1) is 12.1. The van der Waals surface area contributed by atoms with E-state index < -0.39 is 12.1 Å². The normalized spacial score (nSPS) is 12.7. The maximum atomic E-state index is 10.8. The van der Waals surface area contributed by atoms with Gasteiger partial charge in [0.05, 0.1) is 0 Å². The quantitative estimate of drug-likeness (QED) is 0.739. The lowest BCUT2D eigenvalue weighted by Gasteiger charge is -2.11. The number of hydrogen-bond acceptors (Lipinski definition) is 4. The molecule has 1 aromatic rings. The van der Waals surface area contributed by atoms with Gasteiger partial charge in [-0.1, -0.05) is 11.8 Å². The minimum absolute atomic E-state index is 0.369. The van der Waals surface area contributed by atoms with Gasteiger partial charge in [-0.25, -0.2) is 9.78 Å². The number of aliphatic carboxylic acids is 1. The molecule has 1 rings (SSSR count). The fourth-order valence-corrected chi connectivity index (χ4v) is 1.97. The summed E-state index contributed by atoms with van der Waals surface area (Å²) in [6.45, 7) is 2.18. The van der Waals surface area contributed by atoms with Gasteiger partial charge in [-0.05, 0) is 6.92 Å². The number of thioether (sulfide) groups is 1. The Kier molecular flexibility index (Phi) is 4.64. The van der Waals surface area contributed by atoms with E-state index in [9.17, 15) is 4.79 Å². The Balaban J connectivity index is 2.47. The van der Waals surface area contributed by atoms with Gasteiger partial charge in [0.2, 0.25) is 0 Å². The van der Waals surface area contributed by atoms with Gasteiger partial charge in [-0.3, -0.25) is 0 Å². The van der Waals surface area contributed by atoms with E-state index in [1.165, 1.54) is 11.8 Å². The van der Waals surface area contributed by atoms with Crippen LogP contribution in [0.2, 0.25) is 0 Å². The molecule has 0 aliphatic heterocycles. The van der Waals surface area contributed by atoms with E-state index in [0.29, 0.717) is 12.4 Å². The number of hydrogen-bond donors (Lipinski definition) is 1. The van der Waals surface area contributed by atoms with E-state index >= 15 is 0 Å². The lowest BCUT2D eigenvalue weighted by atomic mass is 10.4. The van der Waals surface area contributed by atoms with Crippen LogP contribution in [0.25, 0.3) is 0 Å². The standard InChI is InChI=1S/C9H14N2O3S/c1-3-14-7(8(12)13)6-15-9-10-4-5-11(9)2/h4-5,7H,3,6H2,1-2H3,(H,12,13). The second-order valence-corrected chi connectivity index (χ2v) is 3.90. The number of carbonyl (C=O) groups is 1. The monoisotopic (exact) mass is 230 g/mol. The largest absolute Gasteiger partial charge is 0.479 e. The number of rotatable bonds is 6. The fourth-order valence-electron chi connectivity index (χ4n) is 1.03. The third-order valence-electron chi connectivity index (χ3n) is 1.78. The summed E-state index contributed by atoms with van der Waals surface area (Å²) in [6, 6.07) is 0. The van der Waals surface area contributed by atoms with Crippen LogP contribution in [0.5, 0.6) is 0 Å². The van der Waals surface area contributed by atoms with Crippen molar-refractivity contribution >= 4 is 17.7 Å². The van der Waals surface area contributed by atoms with Crippen LogP contribution in [0.1, 0.15) is 6.92 Å². The summed E-state index contributed by atoms with van der Waals surface area (Å²) in [7, 11) is 1.87. The zero-order chi connectivity index (χ0) is 11.3. The second kappa shape index (κ2) is 5.77. The summed E-state index contributed by atoms with van der Waals surface area (Å²) in [5, 5.41) is 9.63. The highest BCUT2D eigenvalue weighted by atomic mass is 32.2. The molecule has 5 nitrogen and oxygen atoms in total. The van der Waals surface area contributed by atoms with Gasteiger partial charge in [0.1, 0.15) is 0 Å². The van der Waals surface area contributed by atoms with E-state index in [0.717, 1.165) is 5.16 Å². The van der Waals surface area contributed by atoms with Gasteiger partial charge in [0.15, 0.2) is 11.3 Å². The maximum absolute atomic E-state index is 10.8. The molecular weight excluding hydrogens is 216 g/mol. The number of aromatic nitrogens is 2. The average Bonchev–Trinajstić information content (AvgIpc) is 2.58. The molecule has 0 aromatic carbocycles. The molecule has 0 bridgehead atoms. The Labute approximate surface area is 92.5 Å². The van der Waals surface area contributed by atoms with Crippen molar-refractivity contribution in [2.24, 2.45) is 7.05 Å². The number of aryl methyl sites for hydroxylation is 1. The van der Waals surface area contributed by atoms with E-state index in [1.54, 1.807) is 13.1 Å². The average molecular weight is 230 g/mol. The van der Waals surface area contributed by atoms with E-state index in [-0.39, 0.29) is 0 Å². The third kappa shape index (κ3) is 3.56. The number of ether oxygens (including phenoxy) is 1. The SMILES string of the molecule is CCOC(CSc1nccn1C)C(=O)O. The molecule has 1 aromatic heterocycles. The smallest absolute Gasteiger partial charge is 0.333 e. The highest BCUT2D eigenvalue weighted by molar-refractivity contribution is 7.99. The molecule has 0 aliphatic rings. The molecule has 1 N–H and O–H groups in total. The Morgan fingerprint density at radius 2 is 2.53 bits per heavy atom. The van der Waals surface area contributed by atoms with Crippen LogP contribution in [-0.2, 0) is 16.6 Å². The van der Waals surface area contributed by atoms with Crippen LogP contribution in [0, 0.1) is 0 Å². The molecule has 1 heterocycles. The molecule has 0 amide bonds. The summed E-state index contributed by atoms with van der Waals surface area (Å²) in [6.07, 6.45) is 2.73. The number of imidazole rings is 1. The summed E-state index contributed by atoms with van der Waals surface area (Å²) < 4.78 is 6.93. The van der Waals surface area contributed by atoms with Crippen LogP contribution in [0.3, 0.4) is 0 Å².